The summed E-state index contributed by atoms with van der Waals surface area (Å²) in [5.74, 6) is -9.12. The zero-order valence-electron chi connectivity index (χ0n) is 45.4. The number of aromatic nitrogens is 1. The van der Waals surface area contributed by atoms with Gasteiger partial charge in [0.05, 0.1) is 6.04 Å². The van der Waals surface area contributed by atoms with Crippen molar-refractivity contribution >= 4 is 82.0 Å². The van der Waals surface area contributed by atoms with Gasteiger partial charge in [-0.25, -0.2) is 4.79 Å². The number of nitrogens with one attached hydrogen (secondary N) is 5. The number of aliphatic imine (C=N–C) groups is 1. The second kappa shape index (κ2) is 28.3. The molecule has 1 aromatic heterocycles. The molecule has 4 saturated heterocycles. The number of carbonyl (C=O) groups is 11. The van der Waals surface area contributed by atoms with Crippen LogP contribution < -0.4 is 44.2 Å². The monoisotopic (exact) mass is 1120 g/mol. The largest absolute Gasteiger partial charge is 0.481 e. The summed E-state index contributed by atoms with van der Waals surface area (Å²) < 4.78 is 0. The summed E-state index contributed by atoms with van der Waals surface area (Å²) in [7, 11) is 0. The van der Waals surface area contributed by atoms with Crippen molar-refractivity contribution in [3.8, 4) is 0 Å². The highest BCUT2D eigenvalue weighted by molar-refractivity contribution is 5.99. The molecule has 0 saturated carbocycles. The first-order valence-corrected chi connectivity index (χ1v) is 27.6. The number of fused-ring (bicyclic) bond motifs is 1. The molecule has 0 spiro atoms. The number of hydrogen-bond acceptors (Lipinski definition) is 13. The number of carboxylic acids is 2. The van der Waals surface area contributed by atoms with E-state index in [1.54, 1.807) is 20.0 Å². The minimum atomic E-state index is -1.44. The van der Waals surface area contributed by atoms with Crippen molar-refractivity contribution < 1.29 is 63.0 Å². The van der Waals surface area contributed by atoms with E-state index in [2.05, 4.69) is 31.2 Å². The number of primary amides is 1. The van der Waals surface area contributed by atoms with Gasteiger partial charge in [0.25, 0.3) is 0 Å². The second-order valence-corrected chi connectivity index (χ2v) is 21.2. The van der Waals surface area contributed by atoms with Crippen LogP contribution in [0, 0.1) is 5.92 Å². The third-order valence-corrected chi connectivity index (χ3v) is 15.7. The lowest BCUT2D eigenvalue weighted by molar-refractivity contribution is -0.152. The Morgan fingerprint density at radius 3 is 1.81 bits per heavy atom. The summed E-state index contributed by atoms with van der Waals surface area (Å²) in [5, 5.41) is 30.7. The van der Waals surface area contributed by atoms with E-state index in [1.165, 1.54) is 19.6 Å². The third-order valence-electron chi connectivity index (χ3n) is 15.7. The third kappa shape index (κ3) is 15.5. The van der Waals surface area contributed by atoms with Crippen LogP contribution in [0.1, 0.15) is 116 Å². The summed E-state index contributed by atoms with van der Waals surface area (Å²) in [4.78, 5) is 162. The number of aliphatic carboxylic acids is 2. The molecule has 4 fully saturated rings. The fraction of sp³-hybridized carbons (Fsp3) is 0.623. The van der Waals surface area contributed by atoms with Gasteiger partial charge < -0.3 is 79.0 Å². The number of carboxylic acid groups (broad SMARTS) is 2. The quantitative estimate of drug-likeness (QED) is 0.0269. The zero-order chi connectivity index (χ0) is 58.4. The van der Waals surface area contributed by atoms with Crippen LogP contribution in [-0.4, -0.2) is 193 Å². The minimum absolute atomic E-state index is 0.0172. The van der Waals surface area contributed by atoms with Crippen molar-refractivity contribution in [1.29, 1.82) is 0 Å². The van der Waals surface area contributed by atoms with Crippen molar-refractivity contribution in [2.45, 2.75) is 171 Å². The highest BCUT2D eigenvalue weighted by Crippen LogP contribution is 2.28. The number of benzene rings is 1. The lowest BCUT2D eigenvalue weighted by atomic mass is 9.96. The predicted octanol–water partition coefficient (Wildman–Crippen LogP) is -1.74. The van der Waals surface area contributed by atoms with E-state index < -0.39 is 125 Å². The van der Waals surface area contributed by atoms with Gasteiger partial charge in [0, 0.05) is 69.1 Å². The van der Waals surface area contributed by atoms with E-state index in [0.29, 0.717) is 44.1 Å². The van der Waals surface area contributed by atoms with Crippen LogP contribution in [0.2, 0.25) is 0 Å². The summed E-state index contributed by atoms with van der Waals surface area (Å²) in [6.45, 7) is 4.21. The highest BCUT2D eigenvalue weighted by atomic mass is 16.4. The molecule has 10 atom stereocenters. The lowest BCUT2D eigenvalue weighted by Crippen LogP contribution is -2.60. The zero-order valence-corrected chi connectivity index (χ0v) is 45.4. The molecular weight excluding hydrogens is 1040 g/mol. The molecule has 0 unspecified atom stereocenters. The molecule has 80 heavy (non-hydrogen) atoms. The summed E-state index contributed by atoms with van der Waals surface area (Å²) in [5.41, 5.74) is 24.2. The molecule has 4 aliphatic heterocycles. The van der Waals surface area contributed by atoms with Crippen molar-refractivity contribution in [3.63, 3.8) is 0 Å². The SMILES string of the molecule is CC[C@H](C)[C@H](NC(=O)[C@H](CCC(N)=O)NC(=O)[C@@H]1CCCN1C(=O)[C@H](CCCN=C(N)N)NC(=O)[C@@H]1CCCN1C(=O)[C@H](Cc1c[nH]c2ccccc12)NC(=O)[C@@H](N)CCC(=O)O)C(=O)N1CCC[C@H]1C(=O)N1CCC[C@H]1C(=O)O. The average Bonchev–Trinajstić information content (AvgIpc) is 4.32. The van der Waals surface area contributed by atoms with Crippen LogP contribution in [0.5, 0.6) is 0 Å². The van der Waals surface area contributed by atoms with Gasteiger partial charge in [0.15, 0.2) is 5.96 Å². The maximum Gasteiger partial charge on any atom is 0.326 e. The van der Waals surface area contributed by atoms with Crippen LogP contribution >= 0.6 is 0 Å². The van der Waals surface area contributed by atoms with Gasteiger partial charge >= 0.3 is 11.9 Å². The van der Waals surface area contributed by atoms with Crippen LogP contribution in [0.25, 0.3) is 10.9 Å². The first kappa shape index (κ1) is 61.4. The molecule has 0 bridgehead atoms. The number of amides is 9. The summed E-state index contributed by atoms with van der Waals surface area (Å²) in [6, 6.07) is -3.33. The number of likely N-dealkylation sites (tertiary alicyclic amines) is 4. The Bertz CT molecular complexity index is 2660. The molecule has 4 aliphatic rings. The molecular formula is C53H78N14O13. The Kier molecular flexibility index (Phi) is 21.7. The number of para-hydroxylation sites is 1. The van der Waals surface area contributed by atoms with Gasteiger partial charge in [-0.2, -0.15) is 0 Å². The number of hydrogen-bond donors (Lipinski definition) is 11. The number of guanidine groups is 1. The Balaban J connectivity index is 1.18. The van der Waals surface area contributed by atoms with E-state index >= 15 is 0 Å². The topological polar surface area (TPSA) is 422 Å². The Hall–Kier alpha value is -7.84. The van der Waals surface area contributed by atoms with Crippen LogP contribution in [0.15, 0.2) is 35.5 Å². The first-order valence-electron chi connectivity index (χ1n) is 27.6. The van der Waals surface area contributed by atoms with Crippen molar-refractivity contribution in [2.75, 3.05) is 32.7 Å². The van der Waals surface area contributed by atoms with Crippen molar-refractivity contribution in [1.82, 2.24) is 45.9 Å². The molecule has 9 amide bonds. The van der Waals surface area contributed by atoms with Crippen LogP contribution in [0.3, 0.4) is 0 Å². The van der Waals surface area contributed by atoms with Gasteiger partial charge in [0.1, 0.15) is 48.3 Å². The Morgan fingerprint density at radius 2 is 1.23 bits per heavy atom. The maximum atomic E-state index is 14.8. The standard InChI is InChI=1S/C53H78N14O13/c1-3-29(2)43(51(78)66-25-9-16-39(66)50(77)67-26-10-17-40(67)52(79)80)63-45(72)34(19-20-41(55)68)60-46(73)37-14-7-23-64(37)48(75)35(13-6-22-58-53(56)57)61-47(74)38-15-8-24-65(38)49(76)36(62-44(71)32(54)18-21-42(69)70)27-30-28-59-33-12-5-4-11-31(30)33/h4-5,11-12,28-29,32,34-40,43,59H,3,6-10,13-27,54H2,1-2H3,(H2,55,68)(H,60,73)(H,61,74)(H,62,71)(H,63,72)(H,69,70)(H,79,80)(H4,56,57,58)/t29-,32-,34-,35-,36-,37-,38-,39-,40-,43-/m0/s1. The van der Waals surface area contributed by atoms with Crippen LogP contribution in [-0.2, 0) is 59.2 Å². The molecule has 15 N–H and O–H groups in total. The highest BCUT2D eigenvalue weighted by Gasteiger charge is 2.46. The fourth-order valence-electron chi connectivity index (χ4n) is 11.1. The van der Waals surface area contributed by atoms with E-state index in [9.17, 15) is 63.0 Å². The first-order chi connectivity index (χ1) is 38.1. The van der Waals surface area contributed by atoms with Gasteiger partial charge in [-0.3, -0.25) is 52.9 Å². The summed E-state index contributed by atoms with van der Waals surface area (Å²) >= 11 is 0. The Labute approximate surface area is 463 Å². The molecule has 0 radical (unpaired) electrons. The number of carbonyl (C=O) groups excluding carboxylic acids is 9. The van der Waals surface area contributed by atoms with E-state index in [4.69, 9.17) is 22.9 Å². The number of nitrogens with two attached hydrogens (primary N) is 4. The van der Waals surface area contributed by atoms with Gasteiger partial charge in [-0.1, -0.05) is 38.5 Å². The van der Waals surface area contributed by atoms with Crippen molar-refractivity contribution in [2.24, 2.45) is 33.8 Å². The molecule has 2 aromatic rings. The lowest BCUT2D eigenvalue weighted by Gasteiger charge is -2.34. The predicted molar refractivity (Wildman–Crippen MR) is 289 cm³/mol. The Morgan fingerprint density at radius 1 is 0.662 bits per heavy atom. The normalized spacial score (nSPS) is 21.2. The van der Waals surface area contributed by atoms with Gasteiger partial charge in [0.2, 0.25) is 53.2 Å². The maximum absolute atomic E-state index is 14.8. The second-order valence-electron chi connectivity index (χ2n) is 21.2. The number of rotatable bonds is 27. The number of aromatic amines is 1. The molecule has 0 aliphatic carbocycles. The molecule has 27 heteroatoms. The minimum Gasteiger partial charge on any atom is -0.481 e. The van der Waals surface area contributed by atoms with E-state index in [1.807, 2.05) is 24.3 Å². The summed E-state index contributed by atoms with van der Waals surface area (Å²) in [6.07, 6.45) is 3.65. The van der Waals surface area contributed by atoms with Crippen LogP contribution in [0.4, 0.5) is 0 Å². The van der Waals surface area contributed by atoms with Gasteiger partial charge in [-0.15, -0.1) is 0 Å². The molecule has 6 rings (SSSR count). The van der Waals surface area contributed by atoms with E-state index in [-0.39, 0.29) is 103 Å². The number of nitrogens with zero attached hydrogens (tertiary/aromatic N) is 5. The smallest absolute Gasteiger partial charge is 0.326 e. The molecule has 27 nitrogen and oxygen atoms in total. The van der Waals surface area contributed by atoms with Gasteiger partial charge in [-0.05, 0) is 94.6 Å². The molecule has 438 valence electrons. The van der Waals surface area contributed by atoms with E-state index in [0.717, 1.165) is 10.9 Å². The van der Waals surface area contributed by atoms with Crippen molar-refractivity contribution in [3.05, 3.63) is 36.0 Å². The fourth-order valence-corrected chi connectivity index (χ4v) is 11.1. The molecule has 1 aromatic carbocycles. The number of H-pyrrole nitrogens is 1. The molecule has 5 heterocycles. The average molecular weight is 1120 g/mol.